The van der Waals surface area contributed by atoms with Crippen LogP contribution in [-0.4, -0.2) is 25.5 Å². The molecule has 142 valence electrons. The molecule has 0 aliphatic carbocycles. The van der Waals surface area contributed by atoms with E-state index in [1.807, 2.05) is 0 Å². The molecule has 1 aliphatic heterocycles. The maximum Gasteiger partial charge on any atom is 0.416 e. The third kappa shape index (κ3) is 7.24. The molecule has 2 unspecified atom stereocenters. The Kier molecular flexibility index (Phi) is 8.73. The molecule has 1 aliphatic rings. The van der Waals surface area contributed by atoms with Crippen LogP contribution in [0.2, 0.25) is 0 Å². The van der Waals surface area contributed by atoms with Crippen molar-refractivity contribution in [3.05, 3.63) is 35.4 Å². The molecule has 0 bridgehead atoms. The fraction of sp³-hybridized carbons (Fsp3) is 0.611. The maximum absolute atomic E-state index is 12.8. The lowest BCUT2D eigenvalue weighted by atomic mass is 9.95. The SMILES string of the molecule is CC(CC(=O)NCCC1CCCNC1)c1cccc(C(F)(F)F)c1.Cl. The Labute approximate surface area is 153 Å². The predicted molar refractivity (Wildman–Crippen MR) is 94.9 cm³/mol. The fourth-order valence-electron chi connectivity index (χ4n) is 3.08. The Hall–Kier alpha value is -1.27. The van der Waals surface area contributed by atoms with E-state index in [2.05, 4.69) is 10.6 Å². The summed E-state index contributed by atoms with van der Waals surface area (Å²) in [4.78, 5) is 12.0. The minimum Gasteiger partial charge on any atom is -0.356 e. The summed E-state index contributed by atoms with van der Waals surface area (Å²) in [5.74, 6) is 0.243. The molecule has 25 heavy (non-hydrogen) atoms. The largest absolute Gasteiger partial charge is 0.416 e. The van der Waals surface area contributed by atoms with Gasteiger partial charge in [-0.15, -0.1) is 12.4 Å². The molecule has 1 aromatic rings. The zero-order chi connectivity index (χ0) is 17.6. The van der Waals surface area contributed by atoms with Gasteiger partial charge in [-0.05, 0) is 55.8 Å². The zero-order valence-corrected chi connectivity index (χ0v) is 15.2. The highest BCUT2D eigenvalue weighted by atomic mass is 35.5. The molecule has 0 aromatic heterocycles. The van der Waals surface area contributed by atoms with Crippen LogP contribution in [0, 0.1) is 5.92 Å². The van der Waals surface area contributed by atoms with Crippen molar-refractivity contribution in [2.45, 2.75) is 44.7 Å². The molecule has 1 aromatic carbocycles. The highest BCUT2D eigenvalue weighted by Gasteiger charge is 2.30. The molecule has 1 saturated heterocycles. The fourth-order valence-corrected chi connectivity index (χ4v) is 3.08. The second kappa shape index (κ2) is 10.0. The summed E-state index contributed by atoms with van der Waals surface area (Å²) in [5.41, 5.74) is -0.131. The van der Waals surface area contributed by atoms with Crippen molar-refractivity contribution < 1.29 is 18.0 Å². The first-order valence-corrected chi connectivity index (χ1v) is 8.51. The van der Waals surface area contributed by atoms with E-state index < -0.39 is 11.7 Å². The molecule has 7 heteroatoms. The van der Waals surface area contributed by atoms with Crippen molar-refractivity contribution in [1.29, 1.82) is 0 Å². The van der Waals surface area contributed by atoms with E-state index in [1.165, 1.54) is 18.9 Å². The number of piperidine rings is 1. The molecule has 2 N–H and O–H groups in total. The first-order chi connectivity index (χ1) is 11.4. The number of hydrogen-bond donors (Lipinski definition) is 2. The summed E-state index contributed by atoms with van der Waals surface area (Å²) in [5, 5.41) is 6.23. The number of halogens is 4. The van der Waals surface area contributed by atoms with Gasteiger partial charge in [0, 0.05) is 13.0 Å². The smallest absolute Gasteiger partial charge is 0.356 e. The average Bonchev–Trinajstić information content (AvgIpc) is 2.55. The molecule has 2 rings (SSSR count). The van der Waals surface area contributed by atoms with Gasteiger partial charge < -0.3 is 10.6 Å². The topological polar surface area (TPSA) is 41.1 Å². The normalized spacial score (nSPS) is 19.0. The molecule has 1 amide bonds. The number of nitrogens with one attached hydrogen (secondary N) is 2. The number of carbonyl (C=O) groups is 1. The maximum atomic E-state index is 12.8. The lowest BCUT2D eigenvalue weighted by molar-refractivity contribution is -0.137. The third-order valence-corrected chi connectivity index (χ3v) is 4.55. The zero-order valence-electron chi connectivity index (χ0n) is 14.4. The van der Waals surface area contributed by atoms with E-state index in [4.69, 9.17) is 0 Å². The first-order valence-electron chi connectivity index (χ1n) is 8.51. The molecule has 1 fully saturated rings. The summed E-state index contributed by atoms with van der Waals surface area (Å²) in [7, 11) is 0. The second-order valence-electron chi connectivity index (χ2n) is 6.58. The van der Waals surface area contributed by atoms with Crippen molar-refractivity contribution in [2.75, 3.05) is 19.6 Å². The van der Waals surface area contributed by atoms with Crippen LogP contribution in [0.5, 0.6) is 0 Å². The Morgan fingerprint density at radius 2 is 2.16 bits per heavy atom. The monoisotopic (exact) mass is 378 g/mol. The molecule has 0 radical (unpaired) electrons. The molecule has 0 spiro atoms. The first kappa shape index (κ1) is 21.8. The van der Waals surface area contributed by atoms with E-state index in [9.17, 15) is 18.0 Å². The molecular weight excluding hydrogens is 353 g/mol. The lowest BCUT2D eigenvalue weighted by Crippen LogP contribution is -2.33. The Morgan fingerprint density at radius 1 is 1.40 bits per heavy atom. The Bertz CT molecular complexity index is 545. The summed E-state index contributed by atoms with van der Waals surface area (Å²) in [6.07, 6.45) is -0.859. The van der Waals surface area contributed by atoms with Crippen LogP contribution in [-0.2, 0) is 11.0 Å². The lowest BCUT2D eigenvalue weighted by Gasteiger charge is -2.22. The minimum absolute atomic E-state index is 0. The van der Waals surface area contributed by atoms with Gasteiger partial charge in [0.25, 0.3) is 0 Å². The molecular formula is C18H26ClF3N2O. The van der Waals surface area contributed by atoms with Crippen LogP contribution in [0.4, 0.5) is 13.2 Å². The molecule has 3 nitrogen and oxygen atoms in total. The summed E-state index contributed by atoms with van der Waals surface area (Å²) >= 11 is 0. The van der Waals surface area contributed by atoms with Gasteiger partial charge in [0.05, 0.1) is 5.56 Å². The Morgan fingerprint density at radius 3 is 2.80 bits per heavy atom. The summed E-state index contributed by atoms with van der Waals surface area (Å²) < 4.78 is 38.3. The van der Waals surface area contributed by atoms with Gasteiger partial charge in [0.2, 0.25) is 5.91 Å². The highest BCUT2D eigenvalue weighted by Crippen LogP contribution is 2.31. The van der Waals surface area contributed by atoms with E-state index >= 15 is 0 Å². The summed E-state index contributed by atoms with van der Waals surface area (Å²) in [6, 6.07) is 5.21. The third-order valence-electron chi connectivity index (χ3n) is 4.55. The predicted octanol–water partition coefficient (Wildman–Crippen LogP) is 4.13. The van der Waals surface area contributed by atoms with Crippen LogP contribution in [0.3, 0.4) is 0 Å². The minimum atomic E-state index is -4.36. The number of benzene rings is 1. The number of carbonyl (C=O) groups excluding carboxylic acids is 1. The van der Waals surface area contributed by atoms with Crippen LogP contribution < -0.4 is 10.6 Å². The average molecular weight is 379 g/mol. The van der Waals surface area contributed by atoms with Gasteiger partial charge in [-0.3, -0.25) is 4.79 Å². The van der Waals surface area contributed by atoms with Crippen molar-refractivity contribution in [2.24, 2.45) is 5.92 Å². The van der Waals surface area contributed by atoms with Gasteiger partial charge in [-0.1, -0.05) is 25.1 Å². The van der Waals surface area contributed by atoms with E-state index in [0.717, 1.165) is 31.6 Å². The van der Waals surface area contributed by atoms with Gasteiger partial charge in [0.15, 0.2) is 0 Å². The number of hydrogen-bond acceptors (Lipinski definition) is 2. The van der Waals surface area contributed by atoms with E-state index in [1.54, 1.807) is 13.0 Å². The van der Waals surface area contributed by atoms with Crippen molar-refractivity contribution in [3.63, 3.8) is 0 Å². The standard InChI is InChI=1S/C18H25F3N2O.ClH/c1-13(15-5-2-6-16(11-15)18(19,20)21)10-17(24)23-9-7-14-4-3-8-22-12-14;/h2,5-6,11,13-14,22H,3-4,7-10,12H2,1H3,(H,23,24);1H. The number of amides is 1. The van der Waals surface area contributed by atoms with Gasteiger partial charge in [-0.2, -0.15) is 13.2 Å². The van der Waals surface area contributed by atoms with Crippen molar-refractivity contribution >= 4 is 18.3 Å². The highest BCUT2D eigenvalue weighted by molar-refractivity contribution is 5.85. The van der Waals surface area contributed by atoms with Gasteiger partial charge in [0.1, 0.15) is 0 Å². The van der Waals surface area contributed by atoms with Crippen molar-refractivity contribution in [3.8, 4) is 0 Å². The van der Waals surface area contributed by atoms with Gasteiger partial charge in [-0.25, -0.2) is 0 Å². The van der Waals surface area contributed by atoms with E-state index in [-0.39, 0.29) is 30.7 Å². The number of rotatable bonds is 6. The van der Waals surface area contributed by atoms with Crippen LogP contribution in [0.15, 0.2) is 24.3 Å². The van der Waals surface area contributed by atoms with Crippen LogP contribution in [0.1, 0.15) is 49.7 Å². The Balaban J connectivity index is 0.00000312. The van der Waals surface area contributed by atoms with E-state index in [0.29, 0.717) is 18.0 Å². The van der Waals surface area contributed by atoms with Crippen molar-refractivity contribution in [1.82, 2.24) is 10.6 Å². The molecule has 1 heterocycles. The second-order valence-corrected chi connectivity index (χ2v) is 6.58. The quantitative estimate of drug-likeness (QED) is 0.781. The van der Waals surface area contributed by atoms with Crippen LogP contribution in [0.25, 0.3) is 0 Å². The van der Waals surface area contributed by atoms with Crippen LogP contribution >= 0.6 is 12.4 Å². The molecule has 0 saturated carbocycles. The number of alkyl halides is 3. The molecule has 2 atom stereocenters. The summed E-state index contributed by atoms with van der Waals surface area (Å²) in [6.45, 7) is 4.47. The van der Waals surface area contributed by atoms with Gasteiger partial charge >= 0.3 is 6.18 Å².